The topological polar surface area (TPSA) is 26.3 Å². The third-order valence-electron chi connectivity index (χ3n) is 2.95. The molecule has 2 heteroatoms. The van der Waals surface area contributed by atoms with Gasteiger partial charge in [-0.25, -0.2) is 0 Å². The van der Waals surface area contributed by atoms with Crippen molar-refractivity contribution in [3.63, 3.8) is 0 Å². The highest BCUT2D eigenvalue weighted by atomic mass is 16.5. The van der Waals surface area contributed by atoms with Crippen LogP contribution in [0.5, 0.6) is 5.75 Å². The fourth-order valence-electron chi connectivity index (χ4n) is 1.46. The number of rotatable bonds is 5. The SMILES string of the molecule is C=C[C@H](C)[C@@H](C)C(=O)c1ccc(OC)cc1. The molecule has 0 N–H and O–H groups in total. The minimum atomic E-state index is -0.0362. The van der Waals surface area contributed by atoms with Crippen molar-refractivity contribution in [2.45, 2.75) is 13.8 Å². The lowest BCUT2D eigenvalue weighted by Crippen LogP contribution is -2.17. The molecule has 1 aromatic carbocycles. The molecule has 0 saturated heterocycles. The number of allylic oxidation sites excluding steroid dienone is 1. The Morgan fingerprint density at radius 3 is 2.31 bits per heavy atom. The van der Waals surface area contributed by atoms with Gasteiger partial charge in [0, 0.05) is 11.5 Å². The average Bonchev–Trinajstić information content (AvgIpc) is 2.36. The first kappa shape index (κ1) is 12.5. The summed E-state index contributed by atoms with van der Waals surface area (Å²) in [7, 11) is 1.61. The van der Waals surface area contributed by atoms with Crippen LogP contribution < -0.4 is 4.74 Å². The monoisotopic (exact) mass is 218 g/mol. The number of ketones is 1. The van der Waals surface area contributed by atoms with Crippen LogP contribution in [0.3, 0.4) is 0 Å². The van der Waals surface area contributed by atoms with Gasteiger partial charge in [-0.1, -0.05) is 19.9 Å². The summed E-state index contributed by atoms with van der Waals surface area (Å²) in [6, 6.07) is 7.21. The van der Waals surface area contributed by atoms with Crippen LogP contribution in [0.15, 0.2) is 36.9 Å². The molecule has 0 aliphatic carbocycles. The van der Waals surface area contributed by atoms with Crippen LogP contribution in [0.4, 0.5) is 0 Å². The number of carbonyl (C=O) groups excluding carboxylic acids is 1. The highest BCUT2D eigenvalue weighted by Gasteiger charge is 2.19. The smallest absolute Gasteiger partial charge is 0.166 e. The molecule has 0 radical (unpaired) electrons. The molecule has 1 aromatic rings. The van der Waals surface area contributed by atoms with Crippen molar-refractivity contribution in [3.05, 3.63) is 42.5 Å². The summed E-state index contributed by atoms with van der Waals surface area (Å²) in [5.41, 5.74) is 0.724. The Kier molecular flexibility index (Phi) is 4.29. The van der Waals surface area contributed by atoms with E-state index < -0.39 is 0 Å². The zero-order chi connectivity index (χ0) is 12.1. The van der Waals surface area contributed by atoms with E-state index >= 15 is 0 Å². The summed E-state index contributed by atoms with van der Waals surface area (Å²) in [6.45, 7) is 7.64. The third-order valence-corrected chi connectivity index (χ3v) is 2.95. The molecule has 86 valence electrons. The number of methoxy groups -OCH3 is 1. The van der Waals surface area contributed by atoms with Crippen molar-refractivity contribution in [2.75, 3.05) is 7.11 Å². The molecule has 0 aromatic heterocycles. The number of ether oxygens (including phenoxy) is 1. The van der Waals surface area contributed by atoms with Crippen LogP contribution >= 0.6 is 0 Å². The summed E-state index contributed by atoms with van der Waals surface area (Å²) in [4.78, 5) is 12.1. The van der Waals surface area contributed by atoms with Crippen LogP contribution in [-0.4, -0.2) is 12.9 Å². The van der Waals surface area contributed by atoms with Crippen molar-refractivity contribution in [1.82, 2.24) is 0 Å². The number of Topliss-reactive ketones (excluding diaryl/α,β-unsaturated/α-hetero) is 1. The largest absolute Gasteiger partial charge is 0.497 e. The van der Waals surface area contributed by atoms with Gasteiger partial charge >= 0.3 is 0 Å². The van der Waals surface area contributed by atoms with Crippen LogP contribution in [0, 0.1) is 11.8 Å². The molecule has 0 amide bonds. The minimum Gasteiger partial charge on any atom is -0.497 e. The van der Waals surface area contributed by atoms with E-state index in [1.807, 2.05) is 19.9 Å². The Balaban J connectivity index is 2.83. The van der Waals surface area contributed by atoms with Gasteiger partial charge in [-0.2, -0.15) is 0 Å². The van der Waals surface area contributed by atoms with Gasteiger partial charge in [0.1, 0.15) is 5.75 Å². The van der Waals surface area contributed by atoms with Crippen LogP contribution in [0.1, 0.15) is 24.2 Å². The fourth-order valence-corrected chi connectivity index (χ4v) is 1.46. The normalized spacial score (nSPS) is 13.9. The minimum absolute atomic E-state index is 0.0362. The molecule has 0 heterocycles. The van der Waals surface area contributed by atoms with Gasteiger partial charge in [0.05, 0.1) is 7.11 Å². The first-order valence-corrected chi connectivity index (χ1v) is 5.41. The maximum atomic E-state index is 12.1. The Hall–Kier alpha value is -1.57. The second kappa shape index (κ2) is 5.50. The Morgan fingerprint density at radius 1 is 1.31 bits per heavy atom. The summed E-state index contributed by atoms with van der Waals surface area (Å²) in [5, 5.41) is 0. The van der Waals surface area contributed by atoms with Crippen molar-refractivity contribution in [1.29, 1.82) is 0 Å². The van der Waals surface area contributed by atoms with Gasteiger partial charge in [-0.15, -0.1) is 6.58 Å². The van der Waals surface area contributed by atoms with Gasteiger partial charge in [0.15, 0.2) is 5.78 Å². The molecule has 1 rings (SSSR count). The predicted molar refractivity (Wildman–Crippen MR) is 65.8 cm³/mol. The molecule has 2 nitrogen and oxygen atoms in total. The van der Waals surface area contributed by atoms with Gasteiger partial charge in [-0.05, 0) is 30.2 Å². The Labute approximate surface area is 96.9 Å². The van der Waals surface area contributed by atoms with Crippen LogP contribution in [-0.2, 0) is 0 Å². The Bertz CT molecular complexity index is 365. The molecule has 2 atom stereocenters. The van der Waals surface area contributed by atoms with E-state index in [1.54, 1.807) is 31.4 Å². The van der Waals surface area contributed by atoms with E-state index in [-0.39, 0.29) is 17.6 Å². The molecule has 16 heavy (non-hydrogen) atoms. The van der Waals surface area contributed by atoms with Crippen LogP contribution in [0.2, 0.25) is 0 Å². The van der Waals surface area contributed by atoms with E-state index in [0.29, 0.717) is 0 Å². The molecular weight excluding hydrogens is 200 g/mol. The maximum Gasteiger partial charge on any atom is 0.166 e. The zero-order valence-electron chi connectivity index (χ0n) is 10.1. The molecular formula is C14H18O2. The van der Waals surface area contributed by atoms with E-state index in [0.717, 1.165) is 11.3 Å². The first-order chi connectivity index (χ1) is 7.60. The lowest BCUT2D eigenvalue weighted by atomic mass is 9.88. The van der Waals surface area contributed by atoms with E-state index in [9.17, 15) is 4.79 Å². The highest BCUT2D eigenvalue weighted by molar-refractivity contribution is 5.98. The second-order valence-corrected chi connectivity index (χ2v) is 3.98. The molecule has 0 bridgehead atoms. The number of carbonyl (C=O) groups is 1. The van der Waals surface area contributed by atoms with Crippen molar-refractivity contribution in [3.8, 4) is 5.75 Å². The van der Waals surface area contributed by atoms with Gasteiger partial charge < -0.3 is 4.74 Å². The molecule has 0 spiro atoms. The average molecular weight is 218 g/mol. The van der Waals surface area contributed by atoms with Crippen molar-refractivity contribution < 1.29 is 9.53 Å². The fraction of sp³-hybridized carbons (Fsp3) is 0.357. The first-order valence-electron chi connectivity index (χ1n) is 5.41. The van der Waals surface area contributed by atoms with Crippen molar-refractivity contribution in [2.24, 2.45) is 11.8 Å². The summed E-state index contributed by atoms with van der Waals surface area (Å²) in [5.74, 6) is 1.07. The van der Waals surface area contributed by atoms with Gasteiger partial charge in [0.25, 0.3) is 0 Å². The second-order valence-electron chi connectivity index (χ2n) is 3.98. The summed E-state index contributed by atoms with van der Waals surface area (Å²) < 4.78 is 5.05. The number of hydrogen-bond donors (Lipinski definition) is 0. The van der Waals surface area contributed by atoms with E-state index in [4.69, 9.17) is 4.74 Å². The quantitative estimate of drug-likeness (QED) is 0.559. The number of hydrogen-bond acceptors (Lipinski definition) is 2. The van der Waals surface area contributed by atoms with Crippen LogP contribution in [0.25, 0.3) is 0 Å². The predicted octanol–water partition coefficient (Wildman–Crippen LogP) is 3.34. The number of benzene rings is 1. The van der Waals surface area contributed by atoms with E-state index in [1.165, 1.54) is 0 Å². The van der Waals surface area contributed by atoms with Gasteiger partial charge in [-0.3, -0.25) is 4.79 Å². The molecule has 0 fully saturated rings. The van der Waals surface area contributed by atoms with Gasteiger partial charge in [0.2, 0.25) is 0 Å². The molecule has 0 unspecified atom stereocenters. The highest BCUT2D eigenvalue weighted by Crippen LogP contribution is 2.19. The molecule has 0 saturated carbocycles. The third kappa shape index (κ3) is 2.72. The summed E-state index contributed by atoms with van der Waals surface area (Å²) >= 11 is 0. The Morgan fingerprint density at radius 2 is 1.88 bits per heavy atom. The standard InChI is InChI=1S/C14H18O2/c1-5-10(2)11(3)14(15)12-6-8-13(16-4)9-7-12/h5-11H,1H2,2-4H3/t10-,11+/m0/s1. The zero-order valence-corrected chi connectivity index (χ0v) is 10.1. The molecule has 0 aliphatic heterocycles. The van der Waals surface area contributed by atoms with Crippen molar-refractivity contribution >= 4 is 5.78 Å². The maximum absolute atomic E-state index is 12.1. The lowest BCUT2D eigenvalue weighted by molar-refractivity contribution is 0.0908. The summed E-state index contributed by atoms with van der Waals surface area (Å²) in [6.07, 6.45) is 1.81. The molecule has 0 aliphatic rings. The van der Waals surface area contributed by atoms with E-state index in [2.05, 4.69) is 6.58 Å². The lowest BCUT2D eigenvalue weighted by Gasteiger charge is -2.15.